The number of nitrogens with two attached hydrogens (primary N) is 1. The Bertz CT molecular complexity index is 340. The van der Waals surface area contributed by atoms with E-state index >= 15 is 0 Å². The largest absolute Gasteiger partial charge is 0.492 e. The monoisotopic (exact) mass is 226 g/mol. The highest BCUT2D eigenvalue weighted by Crippen LogP contribution is 2.24. The zero-order valence-electron chi connectivity index (χ0n) is 10.0. The van der Waals surface area contributed by atoms with Crippen LogP contribution in [0.25, 0.3) is 0 Å². The van der Waals surface area contributed by atoms with Gasteiger partial charge in [0.2, 0.25) is 0 Å². The molecule has 1 aromatic rings. The van der Waals surface area contributed by atoms with Gasteiger partial charge in [0.05, 0.1) is 0 Å². The average Bonchev–Trinajstić information content (AvgIpc) is 2.19. The summed E-state index contributed by atoms with van der Waals surface area (Å²) in [6, 6.07) is 4.21. The lowest BCUT2D eigenvalue weighted by atomic mass is 10.1. The summed E-state index contributed by atoms with van der Waals surface area (Å²) >= 11 is 0. The summed E-state index contributed by atoms with van der Waals surface area (Å²) in [6.07, 6.45) is 0. The molecular weight excluding hydrogens is 207 g/mol. The molecule has 0 bridgehead atoms. The second-order valence-electron chi connectivity index (χ2n) is 4.12. The van der Waals surface area contributed by atoms with Gasteiger partial charge in [0, 0.05) is 18.2 Å². The van der Waals surface area contributed by atoms with E-state index in [9.17, 15) is 4.39 Å². The molecule has 0 saturated carbocycles. The molecule has 16 heavy (non-hydrogen) atoms. The van der Waals surface area contributed by atoms with Crippen LogP contribution in [0, 0.1) is 5.82 Å². The first-order valence-electron chi connectivity index (χ1n) is 5.33. The van der Waals surface area contributed by atoms with Crippen LogP contribution < -0.4 is 10.5 Å². The van der Waals surface area contributed by atoms with E-state index in [2.05, 4.69) is 0 Å². The highest BCUT2D eigenvalue weighted by molar-refractivity contribution is 5.36. The Hall–Kier alpha value is -1.13. The lowest BCUT2D eigenvalue weighted by Crippen LogP contribution is -2.20. The Morgan fingerprint density at radius 2 is 2.12 bits per heavy atom. The van der Waals surface area contributed by atoms with E-state index in [4.69, 9.17) is 10.5 Å². The van der Waals surface area contributed by atoms with Gasteiger partial charge >= 0.3 is 0 Å². The predicted molar refractivity (Wildman–Crippen MR) is 63.1 cm³/mol. The summed E-state index contributed by atoms with van der Waals surface area (Å²) in [5, 5.41) is 0. The van der Waals surface area contributed by atoms with E-state index in [-0.39, 0.29) is 11.9 Å². The molecule has 0 saturated heterocycles. The molecule has 2 N–H and O–H groups in total. The first kappa shape index (κ1) is 12.9. The fourth-order valence-electron chi connectivity index (χ4n) is 1.34. The SMILES string of the molecule is CC(N)c1cc(F)ccc1OCCN(C)C. The van der Waals surface area contributed by atoms with Crippen LogP contribution in [0.3, 0.4) is 0 Å². The minimum absolute atomic E-state index is 0.231. The van der Waals surface area contributed by atoms with E-state index in [1.54, 1.807) is 6.07 Å². The van der Waals surface area contributed by atoms with Crippen LogP contribution in [0.1, 0.15) is 18.5 Å². The van der Waals surface area contributed by atoms with E-state index in [1.807, 2.05) is 25.9 Å². The number of likely N-dealkylation sites (N-methyl/N-ethyl adjacent to an activating group) is 1. The minimum Gasteiger partial charge on any atom is -0.492 e. The summed E-state index contributed by atoms with van der Waals surface area (Å²) in [5.41, 5.74) is 6.47. The zero-order valence-corrected chi connectivity index (χ0v) is 10.0. The van der Waals surface area contributed by atoms with Crippen LogP contribution in [0.5, 0.6) is 5.75 Å². The normalized spacial score (nSPS) is 12.9. The molecule has 0 radical (unpaired) electrons. The minimum atomic E-state index is -0.285. The Morgan fingerprint density at radius 3 is 2.69 bits per heavy atom. The number of hydrogen-bond acceptors (Lipinski definition) is 3. The summed E-state index contributed by atoms with van der Waals surface area (Å²) in [4.78, 5) is 2.02. The molecule has 0 amide bonds. The maximum atomic E-state index is 13.0. The molecule has 1 rings (SSSR count). The molecule has 3 nitrogen and oxygen atoms in total. The third kappa shape index (κ3) is 3.79. The summed E-state index contributed by atoms with van der Waals surface area (Å²) in [5.74, 6) is 0.380. The molecule has 4 heteroatoms. The molecule has 0 aliphatic heterocycles. The quantitative estimate of drug-likeness (QED) is 0.831. The molecule has 0 aliphatic carbocycles. The number of halogens is 1. The summed E-state index contributed by atoms with van der Waals surface area (Å²) in [7, 11) is 3.95. The third-order valence-corrected chi connectivity index (χ3v) is 2.26. The fraction of sp³-hybridized carbons (Fsp3) is 0.500. The third-order valence-electron chi connectivity index (χ3n) is 2.26. The van der Waals surface area contributed by atoms with E-state index in [0.29, 0.717) is 17.9 Å². The van der Waals surface area contributed by atoms with E-state index in [1.165, 1.54) is 12.1 Å². The topological polar surface area (TPSA) is 38.5 Å². The van der Waals surface area contributed by atoms with E-state index < -0.39 is 0 Å². The number of rotatable bonds is 5. The van der Waals surface area contributed by atoms with Gasteiger partial charge in [-0.3, -0.25) is 0 Å². The van der Waals surface area contributed by atoms with Gasteiger partial charge in [0.15, 0.2) is 0 Å². The van der Waals surface area contributed by atoms with Gasteiger partial charge in [-0.15, -0.1) is 0 Å². The highest BCUT2D eigenvalue weighted by atomic mass is 19.1. The second kappa shape index (κ2) is 5.82. The number of nitrogens with zero attached hydrogens (tertiary/aromatic N) is 1. The van der Waals surface area contributed by atoms with Crippen LogP contribution in [-0.2, 0) is 0 Å². The Balaban J connectivity index is 2.71. The summed E-state index contributed by atoms with van der Waals surface area (Å²) in [6.45, 7) is 3.20. The van der Waals surface area contributed by atoms with Crippen molar-refractivity contribution in [3.8, 4) is 5.75 Å². The van der Waals surface area contributed by atoms with Gasteiger partial charge < -0.3 is 15.4 Å². The molecule has 0 aromatic heterocycles. The predicted octanol–water partition coefficient (Wildman–Crippen LogP) is 1.79. The standard InChI is InChI=1S/C12H19FN2O/c1-9(14)11-8-10(13)4-5-12(11)16-7-6-15(2)3/h4-5,8-9H,6-7,14H2,1-3H3. The number of benzene rings is 1. The number of ether oxygens (including phenoxy) is 1. The van der Waals surface area contributed by atoms with Crippen molar-refractivity contribution in [3.63, 3.8) is 0 Å². The van der Waals surface area contributed by atoms with Crippen LogP contribution >= 0.6 is 0 Å². The number of hydrogen-bond donors (Lipinski definition) is 1. The second-order valence-corrected chi connectivity index (χ2v) is 4.12. The van der Waals surface area contributed by atoms with Crippen molar-refractivity contribution in [1.82, 2.24) is 4.90 Å². The van der Waals surface area contributed by atoms with Crippen LogP contribution in [0.2, 0.25) is 0 Å². The van der Waals surface area contributed by atoms with Crippen LogP contribution in [0.4, 0.5) is 4.39 Å². The van der Waals surface area contributed by atoms with Crippen molar-refractivity contribution < 1.29 is 9.13 Å². The molecule has 90 valence electrons. The van der Waals surface area contributed by atoms with Crippen LogP contribution in [-0.4, -0.2) is 32.1 Å². The first-order chi connectivity index (χ1) is 7.50. The van der Waals surface area contributed by atoms with Gasteiger partial charge in [-0.05, 0) is 39.2 Å². The van der Waals surface area contributed by atoms with Gasteiger partial charge in [-0.25, -0.2) is 4.39 Å². The average molecular weight is 226 g/mol. The highest BCUT2D eigenvalue weighted by Gasteiger charge is 2.09. The van der Waals surface area contributed by atoms with Gasteiger partial charge in [0.25, 0.3) is 0 Å². The smallest absolute Gasteiger partial charge is 0.124 e. The first-order valence-corrected chi connectivity index (χ1v) is 5.33. The molecule has 0 aliphatic rings. The Morgan fingerprint density at radius 1 is 1.44 bits per heavy atom. The maximum absolute atomic E-state index is 13.0. The van der Waals surface area contributed by atoms with Crippen molar-refractivity contribution >= 4 is 0 Å². The molecule has 0 spiro atoms. The Labute approximate surface area is 96.0 Å². The molecule has 0 heterocycles. The zero-order chi connectivity index (χ0) is 12.1. The molecule has 1 atom stereocenters. The fourth-order valence-corrected chi connectivity index (χ4v) is 1.34. The van der Waals surface area contributed by atoms with Crippen molar-refractivity contribution in [2.75, 3.05) is 27.2 Å². The van der Waals surface area contributed by atoms with Crippen LogP contribution in [0.15, 0.2) is 18.2 Å². The van der Waals surface area contributed by atoms with E-state index in [0.717, 1.165) is 6.54 Å². The molecule has 1 aromatic carbocycles. The summed E-state index contributed by atoms with van der Waals surface area (Å²) < 4.78 is 18.6. The van der Waals surface area contributed by atoms with Gasteiger partial charge in [-0.2, -0.15) is 0 Å². The van der Waals surface area contributed by atoms with Crippen molar-refractivity contribution in [3.05, 3.63) is 29.6 Å². The van der Waals surface area contributed by atoms with Gasteiger partial charge in [-0.1, -0.05) is 0 Å². The van der Waals surface area contributed by atoms with Gasteiger partial charge in [0.1, 0.15) is 18.2 Å². The molecule has 1 unspecified atom stereocenters. The molecular formula is C12H19FN2O. The maximum Gasteiger partial charge on any atom is 0.124 e. The van der Waals surface area contributed by atoms with Crippen molar-refractivity contribution in [2.24, 2.45) is 5.73 Å². The lowest BCUT2D eigenvalue weighted by molar-refractivity contribution is 0.258. The Kier molecular flexibility index (Phi) is 4.71. The van der Waals surface area contributed by atoms with Crippen molar-refractivity contribution in [1.29, 1.82) is 0 Å². The lowest BCUT2D eigenvalue weighted by Gasteiger charge is -2.15. The molecule has 0 fully saturated rings. The van der Waals surface area contributed by atoms with Crippen molar-refractivity contribution in [2.45, 2.75) is 13.0 Å².